The highest BCUT2D eigenvalue weighted by Crippen LogP contribution is 2.22. The van der Waals surface area contributed by atoms with Crippen molar-refractivity contribution in [1.82, 2.24) is 4.98 Å². The minimum absolute atomic E-state index is 0.735. The van der Waals surface area contributed by atoms with Gasteiger partial charge in [0.1, 0.15) is 5.82 Å². The van der Waals surface area contributed by atoms with E-state index >= 15 is 0 Å². The van der Waals surface area contributed by atoms with Gasteiger partial charge in [-0.3, -0.25) is 0 Å². The summed E-state index contributed by atoms with van der Waals surface area (Å²) < 4.78 is 6.43. The number of ether oxygens (including phenoxy) is 1. The molecule has 0 bridgehead atoms. The maximum absolute atomic E-state index is 5.39. The molecule has 1 aliphatic heterocycles. The molecule has 94 valence electrons. The van der Waals surface area contributed by atoms with E-state index in [4.69, 9.17) is 4.74 Å². The molecule has 0 amide bonds. The maximum atomic E-state index is 5.39. The van der Waals surface area contributed by atoms with Crippen molar-refractivity contribution in [2.24, 2.45) is 5.92 Å². The summed E-state index contributed by atoms with van der Waals surface area (Å²) in [6, 6.07) is 2.11. The van der Waals surface area contributed by atoms with Crippen molar-refractivity contribution < 1.29 is 4.74 Å². The fourth-order valence-electron chi connectivity index (χ4n) is 2.34. The molecule has 0 saturated carbocycles. The van der Waals surface area contributed by atoms with Crippen LogP contribution in [-0.2, 0) is 4.74 Å². The Morgan fingerprint density at radius 3 is 2.82 bits per heavy atom. The van der Waals surface area contributed by atoms with Crippen LogP contribution in [0.25, 0.3) is 0 Å². The van der Waals surface area contributed by atoms with Gasteiger partial charge in [-0.05, 0) is 53.2 Å². The van der Waals surface area contributed by atoms with Crippen LogP contribution in [0.5, 0.6) is 0 Å². The number of pyridine rings is 1. The van der Waals surface area contributed by atoms with E-state index in [-0.39, 0.29) is 0 Å². The summed E-state index contributed by atoms with van der Waals surface area (Å²) >= 11 is 3.45. The third-order valence-corrected chi connectivity index (χ3v) is 3.69. The highest BCUT2D eigenvalue weighted by molar-refractivity contribution is 9.10. The van der Waals surface area contributed by atoms with E-state index in [1.165, 1.54) is 18.4 Å². The fourth-order valence-corrected chi connectivity index (χ4v) is 2.78. The van der Waals surface area contributed by atoms with Gasteiger partial charge in [0.15, 0.2) is 0 Å². The molecular weight excluding hydrogens is 280 g/mol. The normalized spacial score (nSPS) is 17.1. The molecule has 1 fully saturated rings. The summed E-state index contributed by atoms with van der Waals surface area (Å²) in [5.41, 5.74) is 1.22. The van der Waals surface area contributed by atoms with Crippen molar-refractivity contribution in [2.75, 3.05) is 31.7 Å². The Morgan fingerprint density at radius 2 is 2.18 bits per heavy atom. The number of nitrogens with zero attached hydrogens (tertiary/aromatic N) is 2. The number of anilines is 1. The molecule has 0 atom stereocenters. The number of halogens is 1. The zero-order valence-electron chi connectivity index (χ0n) is 10.4. The molecule has 17 heavy (non-hydrogen) atoms. The average molecular weight is 299 g/mol. The third kappa shape index (κ3) is 3.42. The lowest BCUT2D eigenvalue weighted by Gasteiger charge is -2.28. The smallest absolute Gasteiger partial charge is 0.131 e. The van der Waals surface area contributed by atoms with Crippen LogP contribution in [-0.4, -0.2) is 31.8 Å². The van der Waals surface area contributed by atoms with E-state index < -0.39 is 0 Å². The number of aryl methyl sites for hydroxylation is 1. The molecule has 0 spiro atoms. The van der Waals surface area contributed by atoms with Crippen LogP contribution < -0.4 is 4.90 Å². The number of hydrogen-bond acceptors (Lipinski definition) is 3. The largest absolute Gasteiger partial charge is 0.381 e. The molecule has 4 heteroatoms. The molecule has 0 aliphatic carbocycles. The van der Waals surface area contributed by atoms with Gasteiger partial charge < -0.3 is 9.64 Å². The molecule has 1 aromatic heterocycles. The second kappa shape index (κ2) is 5.83. The van der Waals surface area contributed by atoms with Crippen molar-refractivity contribution in [3.8, 4) is 0 Å². The van der Waals surface area contributed by atoms with Gasteiger partial charge in [0.05, 0.1) is 0 Å². The third-order valence-electron chi connectivity index (χ3n) is 3.25. The van der Waals surface area contributed by atoms with Gasteiger partial charge in [-0.2, -0.15) is 0 Å². The lowest BCUT2D eigenvalue weighted by Crippen LogP contribution is -2.30. The zero-order chi connectivity index (χ0) is 12.3. The molecule has 1 saturated heterocycles. The minimum Gasteiger partial charge on any atom is -0.381 e. The Labute approximate surface area is 111 Å². The van der Waals surface area contributed by atoms with Crippen molar-refractivity contribution in [1.29, 1.82) is 0 Å². The van der Waals surface area contributed by atoms with Crippen molar-refractivity contribution >= 4 is 21.7 Å². The topological polar surface area (TPSA) is 25.4 Å². The lowest BCUT2D eigenvalue weighted by molar-refractivity contribution is 0.0685. The van der Waals surface area contributed by atoms with E-state index in [0.717, 1.165) is 36.0 Å². The van der Waals surface area contributed by atoms with Gasteiger partial charge in [0.25, 0.3) is 0 Å². The Bertz CT molecular complexity index is 378. The van der Waals surface area contributed by atoms with Gasteiger partial charge in [-0.15, -0.1) is 0 Å². The van der Waals surface area contributed by atoms with Gasteiger partial charge in [-0.25, -0.2) is 4.98 Å². The fraction of sp³-hybridized carbons (Fsp3) is 0.615. The van der Waals surface area contributed by atoms with Crippen molar-refractivity contribution in [2.45, 2.75) is 19.8 Å². The summed E-state index contributed by atoms with van der Waals surface area (Å²) in [5.74, 6) is 1.82. The van der Waals surface area contributed by atoms with Crippen LogP contribution in [0.2, 0.25) is 0 Å². The van der Waals surface area contributed by atoms with Gasteiger partial charge in [0, 0.05) is 37.5 Å². The van der Waals surface area contributed by atoms with Gasteiger partial charge in [-0.1, -0.05) is 0 Å². The first-order valence-corrected chi connectivity index (χ1v) is 6.87. The monoisotopic (exact) mass is 298 g/mol. The van der Waals surface area contributed by atoms with E-state index in [1.807, 2.05) is 6.20 Å². The SMILES string of the molecule is Cc1cc(Br)cnc1N(C)CC1CCOCC1. The highest BCUT2D eigenvalue weighted by atomic mass is 79.9. The molecule has 0 aromatic carbocycles. The average Bonchev–Trinajstić information content (AvgIpc) is 2.30. The van der Waals surface area contributed by atoms with E-state index in [9.17, 15) is 0 Å². The molecule has 0 unspecified atom stereocenters. The second-order valence-corrected chi connectivity index (χ2v) is 5.65. The standard InChI is InChI=1S/C13H19BrN2O/c1-10-7-12(14)8-15-13(10)16(2)9-11-3-5-17-6-4-11/h7-8,11H,3-6,9H2,1-2H3. The van der Waals surface area contributed by atoms with Crippen molar-refractivity contribution in [3.63, 3.8) is 0 Å². The molecule has 2 rings (SSSR count). The number of rotatable bonds is 3. The van der Waals surface area contributed by atoms with Gasteiger partial charge >= 0.3 is 0 Å². The van der Waals surface area contributed by atoms with E-state index in [2.05, 4.69) is 45.9 Å². The molecule has 0 radical (unpaired) electrons. The molecule has 1 aromatic rings. The first-order valence-electron chi connectivity index (χ1n) is 6.08. The Hall–Kier alpha value is -0.610. The van der Waals surface area contributed by atoms with Crippen LogP contribution in [0, 0.1) is 12.8 Å². The summed E-state index contributed by atoms with van der Waals surface area (Å²) in [5, 5.41) is 0. The summed E-state index contributed by atoms with van der Waals surface area (Å²) in [6.45, 7) is 4.99. The predicted molar refractivity (Wildman–Crippen MR) is 73.5 cm³/mol. The minimum atomic E-state index is 0.735. The first-order chi connectivity index (χ1) is 8.16. The number of hydrogen-bond donors (Lipinski definition) is 0. The Kier molecular flexibility index (Phi) is 4.40. The Balaban J connectivity index is 2.00. The molecule has 2 heterocycles. The van der Waals surface area contributed by atoms with Gasteiger partial charge in [0.2, 0.25) is 0 Å². The second-order valence-electron chi connectivity index (χ2n) is 4.73. The lowest BCUT2D eigenvalue weighted by atomic mass is 10.00. The van der Waals surface area contributed by atoms with Crippen LogP contribution in [0.15, 0.2) is 16.7 Å². The molecular formula is C13H19BrN2O. The van der Waals surface area contributed by atoms with Crippen LogP contribution >= 0.6 is 15.9 Å². The summed E-state index contributed by atoms with van der Waals surface area (Å²) in [6.07, 6.45) is 4.20. The van der Waals surface area contributed by atoms with E-state index in [0.29, 0.717) is 0 Å². The van der Waals surface area contributed by atoms with Crippen LogP contribution in [0.4, 0.5) is 5.82 Å². The van der Waals surface area contributed by atoms with Crippen LogP contribution in [0.3, 0.4) is 0 Å². The van der Waals surface area contributed by atoms with E-state index in [1.54, 1.807) is 0 Å². The highest BCUT2D eigenvalue weighted by Gasteiger charge is 2.17. The first kappa shape index (κ1) is 12.8. The number of aromatic nitrogens is 1. The zero-order valence-corrected chi connectivity index (χ0v) is 12.0. The molecule has 1 aliphatic rings. The van der Waals surface area contributed by atoms with Crippen molar-refractivity contribution in [3.05, 3.63) is 22.3 Å². The summed E-state index contributed by atoms with van der Waals surface area (Å²) in [7, 11) is 2.12. The van der Waals surface area contributed by atoms with Crippen LogP contribution in [0.1, 0.15) is 18.4 Å². The summed E-state index contributed by atoms with van der Waals surface area (Å²) in [4.78, 5) is 6.75. The quantitative estimate of drug-likeness (QED) is 0.858. The molecule has 0 N–H and O–H groups in total. The predicted octanol–water partition coefficient (Wildman–Crippen LogP) is 3.02. The Morgan fingerprint density at radius 1 is 1.47 bits per heavy atom. The molecule has 3 nitrogen and oxygen atoms in total. The maximum Gasteiger partial charge on any atom is 0.131 e.